The molecule has 0 atom stereocenters. The van der Waals surface area contributed by atoms with Gasteiger partial charge >= 0.3 is 5.97 Å². The summed E-state index contributed by atoms with van der Waals surface area (Å²) in [6, 6.07) is 8.12. The number of fused-ring (bicyclic) bond motifs is 1. The predicted molar refractivity (Wildman–Crippen MR) is 104 cm³/mol. The Morgan fingerprint density at radius 3 is 2.29 bits per heavy atom. The summed E-state index contributed by atoms with van der Waals surface area (Å²) in [5.41, 5.74) is -1.52. The minimum Gasteiger partial charge on any atom is -0.477 e. The summed E-state index contributed by atoms with van der Waals surface area (Å²) in [5.74, 6) is -5.07. The average Bonchev–Trinajstić information content (AvgIpc) is 2.73. The van der Waals surface area contributed by atoms with Gasteiger partial charge in [-0.25, -0.2) is 22.9 Å². The zero-order chi connectivity index (χ0) is 22.3. The Labute approximate surface area is 171 Å². The molecule has 0 spiro atoms. The first-order valence-corrected chi connectivity index (χ1v) is 8.91. The van der Waals surface area contributed by atoms with Crippen LogP contribution in [0.1, 0.15) is 15.9 Å². The second kappa shape index (κ2) is 7.67. The van der Waals surface area contributed by atoms with E-state index in [1.54, 1.807) is 0 Å². The Morgan fingerprint density at radius 2 is 1.65 bits per heavy atom. The first-order valence-electron chi connectivity index (χ1n) is 8.91. The Kier molecular flexibility index (Phi) is 5.02. The molecule has 0 aliphatic heterocycles. The Morgan fingerprint density at radius 1 is 0.935 bits per heavy atom. The van der Waals surface area contributed by atoms with Crippen LogP contribution in [0.5, 0.6) is 0 Å². The smallest absolute Gasteiger partial charge is 0.341 e. The molecule has 0 bridgehead atoms. The molecule has 0 unspecified atom stereocenters. The highest BCUT2D eigenvalue weighted by Gasteiger charge is 2.20. The fourth-order valence-electron chi connectivity index (χ4n) is 3.31. The van der Waals surface area contributed by atoms with Gasteiger partial charge in [0.1, 0.15) is 23.0 Å². The average molecular weight is 428 g/mol. The summed E-state index contributed by atoms with van der Waals surface area (Å²) in [6.07, 6.45) is 2.09. The summed E-state index contributed by atoms with van der Waals surface area (Å²) >= 11 is 0. The molecule has 31 heavy (non-hydrogen) atoms. The zero-order valence-electron chi connectivity index (χ0n) is 15.6. The van der Waals surface area contributed by atoms with Gasteiger partial charge in [0.05, 0.1) is 17.4 Å². The lowest BCUT2D eigenvalue weighted by atomic mass is 10.0. The van der Waals surface area contributed by atoms with Gasteiger partial charge in [-0.2, -0.15) is 4.39 Å². The molecule has 1 N–H and O–H groups in total. The monoisotopic (exact) mass is 428 g/mol. The highest BCUT2D eigenvalue weighted by molar-refractivity contribution is 5.93. The van der Waals surface area contributed by atoms with Crippen molar-refractivity contribution in [2.24, 2.45) is 0 Å². The van der Waals surface area contributed by atoms with E-state index >= 15 is 0 Å². The SMILES string of the molecule is O=C(O)c1cn(Cc2ccc(-c3ccc(F)nc3)cc2F)c2c(F)ccc(F)c2c1=O. The lowest BCUT2D eigenvalue weighted by molar-refractivity contribution is 0.0695. The van der Waals surface area contributed by atoms with E-state index in [0.29, 0.717) is 11.1 Å². The van der Waals surface area contributed by atoms with E-state index in [9.17, 15) is 32.3 Å². The molecule has 2 aromatic carbocycles. The third kappa shape index (κ3) is 3.65. The van der Waals surface area contributed by atoms with Crippen LogP contribution in [0, 0.1) is 23.4 Å². The van der Waals surface area contributed by atoms with Crippen LogP contribution >= 0.6 is 0 Å². The fraction of sp³-hybridized carbons (Fsp3) is 0.0455. The zero-order valence-corrected chi connectivity index (χ0v) is 15.6. The number of carboxylic acids is 1. The predicted octanol–water partition coefficient (Wildman–Crippen LogP) is 4.37. The highest BCUT2D eigenvalue weighted by Crippen LogP contribution is 2.24. The Hall–Kier alpha value is -4.01. The largest absolute Gasteiger partial charge is 0.477 e. The minimum atomic E-state index is -1.62. The topological polar surface area (TPSA) is 72.2 Å². The van der Waals surface area contributed by atoms with Crippen LogP contribution in [0.15, 0.2) is 59.7 Å². The third-order valence-corrected chi connectivity index (χ3v) is 4.81. The lowest BCUT2D eigenvalue weighted by Gasteiger charge is -2.14. The molecule has 9 heteroatoms. The van der Waals surface area contributed by atoms with Gasteiger partial charge in [-0.3, -0.25) is 4.79 Å². The molecule has 4 aromatic rings. The number of aromatic carboxylic acids is 1. The van der Waals surface area contributed by atoms with Gasteiger partial charge < -0.3 is 9.67 Å². The van der Waals surface area contributed by atoms with E-state index in [4.69, 9.17) is 0 Å². The maximum Gasteiger partial charge on any atom is 0.341 e. The molecule has 2 heterocycles. The number of rotatable bonds is 4. The number of nitrogens with zero attached hydrogens (tertiary/aromatic N) is 2. The van der Waals surface area contributed by atoms with E-state index in [-0.39, 0.29) is 12.1 Å². The van der Waals surface area contributed by atoms with Crippen molar-refractivity contribution in [3.63, 3.8) is 0 Å². The first kappa shape index (κ1) is 20.3. The van der Waals surface area contributed by atoms with Crippen molar-refractivity contribution < 1.29 is 27.5 Å². The van der Waals surface area contributed by atoms with Crippen LogP contribution in [-0.4, -0.2) is 20.6 Å². The molecule has 2 aromatic heterocycles. The molecule has 0 aliphatic rings. The van der Waals surface area contributed by atoms with Gasteiger partial charge in [-0.15, -0.1) is 0 Å². The van der Waals surface area contributed by atoms with Crippen LogP contribution in [-0.2, 0) is 6.54 Å². The van der Waals surface area contributed by atoms with E-state index in [1.807, 2.05) is 0 Å². The standard InChI is InChI=1S/C22H12F4N2O3/c23-15-4-5-16(24)20-19(15)21(29)14(22(30)31)10-28(20)9-13-2-1-11(7-17(13)25)12-3-6-18(26)27-8-12/h1-8,10H,9H2,(H,30,31). The Balaban J connectivity index is 1.84. The van der Waals surface area contributed by atoms with Gasteiger partial charge in [-0.05, 0) is 35.9 Å². The Bertz CT molecular complexity index is 1400. The van der Waals surface area contributed by atoms with E-state index in [2.05, 4.69) is 4.98 Å². The van der Waals surface area contributed by atoms with Crippen molar-refractivity contribution in [2.45, 2.75) is 6.54 Å². The summed E-state index contributed by atoms with van der Waals surface area (Å²) in [7, 11) is 0. The number of benzene rings is 2. The second-order valence-corrected chi connectivity index (χ2v) is 6.73. The van der Waals surface area contributed by atoms with Gasteiger partial charge in [0.15, 0.2) is 0 Å². The molecular weight excluding hydrogens is 416 g/mol. The number of hydrogen-bond acceptors (Lipinski definition) is 3. The maximum atomic E-state index is 14.8. The van der Waals surface area contributed by atoms with Crippen molar-refractivity contribution in [1.29, 1.82) is 0 Å². The molecule has 4 rings (SSSR count). The number of carboxylic acid groups (broad SMARTS) is 1. The summed E-state index contributed by atoms with van der Waals surface area (Å²) in [6.45, 7) is -0.370. The van der Waals surface area contributed by atoms with Gasteiger partial charge in [-0.1, -0.05) is 12.1 Å². The van der Waals surface area contributed by atoms with E-state index in [0.717, 1.165) is 35.0 Å². The quantitative estimate of drug-likeness (QED) is 0.387. The fourth-order valence-corrected chi connectivity index (χ4v) is 3.31. The highest BCUT2D eigenvalue weighted by atomic mass is 19.1. The molecule has 0 saturated carbocycles. The van der Waals surface area contributed by atoms with Crippen molar-refractivity contribution in [2.75, 3.05) is 0 Å². The van der Waals surface area contributed by atoms with Crippen LogP contribution < -0.4 is 5.43 Å². The van der Waals surface area contributed by atoms with Crippen LogP contribution in [0.4, 0.5) is 17.6 Å². The van der Waals surface area contributed by atoms with E-state index < -0.39 is 51.3 Å². The van der Waals surface area contributed by atoms with Crippen LogP contribution in [0.3, 0.4) is 0 Å². The molecule has 0 fully saturated rings. The summed E-state index contributed by atoms with van der Waals surface area (Å²) in [4.78, 5) is 27.3. The molecule has 156 valence electrons. The molecule has 0 amide bonds. The van der Waals surface area contributed by atoms with Gasteiger partial charge in [0, 0.05) is 23.5 Å². The molecule has 0 aliphatic carbocycles. The van der Waals surface area contributed by atoms with Crippen molar-refractivity contribution in [3.8, 4) is 11.1 Å². The maximum absolute atomic E-state index is 14.8. The van der Waals surface area contributed by atoms with Crippen molar-refractivity contribution in [3.05, 3.63) is 99.6 Å². The van der Waals surface area contributed by atoms with Gasteiger partial charge in [0.2, 0.25) is 11.4 Å². The molecule has 0 radical (unpaired) electrons. The van der Waals surface area contributed by atoms with Crippen molar-refractivity contribution in [1.82, 2.24) is 9.55 Å². The van der Waals surface area contributed by atoms with E-state index in [1.165, 1.54) is 24.4 Å². The van der Waals surface area contributed by atoms with Crippen LogP contribution in [0.25, 0.3) is 22.0 Å². The van der Waals surface area contributed by atoms with Crippen molar-refractivity contribution >= 4 is 16.9 Å². The molecular formula is C22H12F4N2O3. The second-order valence-electron chi connectivity index (χ2n) is 6.73. The lowest BCUT2D eigenvalue weighted by Crippen LogP contribution is -2.21. The minimum absolute atomic E-state index is 0.0313. The molecule has 5 nitrogen and oxygen atoms in total. The third-order valence-electron chi connectivity index (χ3n) is 4.81. The number of carbonyl (C=O) groups is 1. The number of aromatic nitrogens is 2. The van der Waals surface area contributed by atoms with Gasteiger partial charge in [0.25, 0.3) is 0 Å². The molecule has 0 saturated heterocycles. The first-order chi connectivity index (χ1) is 14.8. The summed E-state index contributed by atoms with van der Waals surface area (Å²) < 4.78 is 57.4. The summed E-state index contributed by atoms with van der Waals surface area (Å²) in [5, 5.41) is 8.55. The normalized spacial score (nSPS) is 11.1. The number of halogens is 4. The number of hydrogen-bond donors (Lipinski definition) is 1. The van der Waals surface area contributed by atoms with Crippen LogP contribution in [0.2, 0.25) is 0 Å². The number of pyridine rings is 2.